The second-order valence-electron chi connectivity index (χ2n) is 26.1. The van der Waals surface area contributed by atoms with E-state index in [1.807, 2.05) is 19.0 Å². The zero-order valence-corrected chi connectivity index (χ0v) is 65.5. The minimum absolute atomic E-state index is 0.0429. The number of carbonyl (C=O) groups excluding carboxylic acids is 12. The number of nitrogens with two attached hydrogens (primary N) is 2. The van der Waals surface area contributed by atoms with Crippen molar-refractivity contribution in [3.8, 4) is 0 Å². The highest BCUT2D eigenvalue weighted by atomic mass is 32.2. The smallest absolute Gasteiger partial charge is 0.305 e. The Morgan fingerprint density at radius 2 is 1.06 bits per heavy atom. The number of aliphatic hydroxyl groups is 1. The predicted molar refractivity (Wildman–Crippen MR) is 418 cm³/mol. The van der Waals surface area contributed by atoms with Gasteiger partial charge in [0.2, 0.25) is 59.1 Å². The molecule has 42 nitrogen and oxygen atoms in total. The third kappa shape index (κ3) is 30.3. The molecular formula is C71H92N18O24S3. The van der Waals surface area contributed by atoms with Crippen LogP contribution in [0.3, 0.4) is 0 Å². The van der Waals surface area contributed by atoms with Crippen molar-refractivity contribution < 1.29 is 115 Å². The number of primary amides is 1. The Morgan fingerprint density at radius 1 is 0.578 bits per heavy atom. The topological polar surface area (TPSA) is 661 Å². The molecule has 4 aromatic carbocycles. The first-order valence-electron chi connectivity index (χ1n) is 35.6. The van der Waals surface area contributed by atoms with Crippen molar-refractivity contribution in [3.05, 3.63) is 109 Å². The third-order valence-corrected chi connectivity index (χ3v) is 19.1. The maximum absolute atomic E-state index is 15.3. The van der Waals surface area contributed by atoms with Gasteiger partial charge in [0.1, 0.15) is 59.3 Å². The Labute approximate surface area is 672 Å². The second-order valence-corrected chi connectivity index (χ2v) is 28.8. The van der Waals surface area contributed by atoms with E-state index in [1.165, 1.54) is 66.8 Å². The van der Waals surface area contributed by atoms with Gasteiger partial charge in [-0.1, -0.05) is 24.3 Å². The highest BCUT2D eigenvalue weighted by Gasteiger charge is 2.41. The number of hydrogen-bond donors (Lipinski definition) is 20. The molecule has 0 spiro atoms. The molecule has 12 amide bonds. The Bertz CT molecular complexity index is 4500. The number of aromatic amines is 1. The van der Waals surface area contributed by atoms with Crippen LogP contribution < -0.4 is 69.5 Å². The molecule has 0 aliphatic heterocycles. The van der Waals surface area contributed by atoms with E-state index in [9.17, 15) is 105 Å². The van der Waals surface area contributed by atoms with Crippen LogP contribution in [0.1, 0.15) is 87.2 Å². The van der Waals surface area contributed by atoms with E-state index in [4.69, 9.17) is 16.6 Å². The summed E-state index contributed by atoms with van der Waals surface area (Å²) in [5.41, 5.74) is 13.4. The molecule has 45 heteroatoms. The van der Waals surface area contributed by atoms with Gasteiger partial charge in [0.15, 0.2) is 0 Å². The lowest BCUT2D eigenvalue weighted by Crippen LogP contribution is -2.61. The van der Waals surface area contributed by atoms with Crippen molar-refractivity contribution in [2.75, 3.05) is 61.8 Å². The van der Waals surface area contributed by atoms with Crippen molar-refractivity contribution in [2.45, 2.75) is 143 Å². The highest BCUT2D eigenvalue weighted by Crippen LogP contribution is 2.29. The van der Waals surface area contributed by atoms with E-state index in [-0.39, 0.29) is 52.5 Å². The molecule has 1 aromatic heterocycles. The number of anilines is 2. The van der Waals surface area contributed by atoms with Crippen molar-refractivity contribution in [1.82, 2.24) is 62.7 Å². The summed E-state index contributed by atoms with van der Waals surface area (Å²) in [6.45, 7) is -0.177. The molecule has 0 aliphatic carbocycles. The lowest BCUT2D eigenvalue weighted by molar-refractivity contribution is -0.141. The summed E-state index contributed by atoms with van der Waals surface area (Å²) in [5.74, 6) is -20.7. The van der Waals surface area contributed by atoms with Crippen LogP contribution in [0.4, 0.5) is 22.7 Å². The third-order valence-electron chi connectivity index (χ3n) is 17.2. The van der Waals surface area contributed by atoms with Crippen LogP contribution in [-0.2, 0) is 88.5 Å². The number of carboxylic acids is 4. The maximum Gasteiger partial charge on any atom is 0.305 e. The normalized spacial score (nSPS) is 13.8. The lowest BCUT2D eigenvalue weighted by Gasteiger charge is -2.32. The van der Waals surface area contributed by atoms with Gasteiger partial charge in [-0.3, -0.25) is 86.2 Å². The Kier molecular flexibility index (Phi) is 37.6. The van der Waals surface area contributed by atoms with Crippen molar-refractivity contribution in [3.63, 3.8) is 0 Å². The molecule has 628 valence electrons. The van der Waals surface area contributed by atoms with Crippen LogP contribution in [0.2, 0.25) is 0 Å². The fourth-order valence-corrected chi connectivity index (χ4v) is 12.5. The number of fused-ring (bicyclic) bond motifs is 1. The van der Waals surface area contributed by atoms with Gasteiger partial charge < -0.3 is 100 Å². The number of thiol groups is 1. The Balaban J connectivity index is 1.35. The number of imidazole rings is 1. The van der Waals surface area contributed by atoms with E-state index in [0.29, 0.717) is 21.7 Å². The monoisotopic (exact) mass is 1680 g/mol. The van der Waals surface area contributed by atoms with Gasteiger partial charge in [-0.15, -0.1) is 0 Å². The number of aliphatic hydroxyl groups excluding tert-OH is 1. The summed E-state index contributed by atoms with van der Waals surface area (Å²) < 4.78 is 34.0. The highest BCUT2D eigenvalue weighted by molar-refractivity contribution is 7.98. The first kappa shape index (κ1) is 94.4. The van der Waals surface area contributed by atoms with Crippen LogP contribution in [0, 0.1) is 0 Å². The zero-order valence-electron chi connectivity index (χ0n) is 63.0. The van der Waals surface area contributed by atoms with Crippen molar-refractivity contribution >= 4 is 163 Å². The number of nitrogens with one attached hydrogen (secondary N) is 11. The van der Waals surface area contributed by atoms with Crippen LogP contribution >= 0.6 is 24.4 Å². The molecule has 116 heavy (non-hydrogen) atoms. The summed E-state index contributed by atoms with van der Waals surface area (Å²) in [6.07, 6.45) is -3.15. The molecule has 0 aliphatic rings. The Morgan fingerprint density at radius 3 is 1.54 bits per heavy atom. The minimum atomic E-state index is -4.60. The summed E-state index contributed by atoms with van der Waals surface area (Å²) in [5, 5.41) is 81.3. The van der Waals surface area contributed by atoms with E-state index in [1.54, 1.807) is 48.7 Å². The number of imide groups is 1. The maximum atomic E-state index is 15.3. The van der Waals surface area contributed by atoms with Crippen LogP contribution in [-0.4, -0.2) is 260 Å². The molecule has 0 unspecified atom stereocenters. The first-order valence-corrected chi connectivity index (χ1v) is 39.0. The molecule has 0 radical (unpaired) electrons. The molecule has 0 bridgehead atoms. The molecule has 21 N–H and O–H groups in total. The molecule has 0 saturated carbocycles. The molecule has 0 saturated heterocycles. The Hall–Kier alpha value is -12.2. The number of H-pyrrole nitrogens is 1. The number of azo groups is 1. The van der Waals surface area contributed by atoms with Crippen LogP contribution in [0.25, 0.3) is 10.8 Å². The minimum Gasteiger partial charge on any atom is -0.481 e. The van der Waals surface area contributed by atoms with Crippen molar-refractivity contribution in [2.24, 2.45) is 21.7 Å². The fourth-order valence-electron chi connectivity index (χ4n) is 11.0. The van der Waals surface area contributed by atoms with Gasteiger partial charge in [0, 0.05) is 98.9 Å². The number of aliphatic carboxylic acids is 4. The molecule has 10 atom stereocenters. The number of amides is 12. The number of hydrogen-bond acceptors (Lipinski definition) is 27. The summed E-state index contributed by atoms with van der Waals surface area (Å²) >= 11 is 5.31. The number of thioether (sulfide) groups is 1. The van der Waals surface area contributed by atoms with Crippen LogP contribution in [0.15, 0.2) is 113 Å². The predicted octanol–water partition coefficient (Wildman–Crippen LogP) is -1.67. The number of aromatic nitrogens is 2. The molecule has 5 aromatic rings. The van der Waals surface area contributed by atoms with E-state index in [0.717, 1.165) is 12.6 Å². The number of carbonyl (C=O) groups is 16. The molecular weight excluding hydrogens is 1590 g/mol. The molecule has 0 fully saturated rings. The quantitative estimate of drug-likeness (QED) is 0.00896. The van der Waals surface area contributed by atoms with Gasteiger partial charge in [0.25, 0.3) is 21.9 Å². The zero-order chi connectivity index (χ0) is 86.1. The number of nitrogens with zero attached hydrogens (tertiary/aromatic N) is 5. The lowest BCUT2D eigenvalue weighted by atomic mass is 10.0. The summed E-state index contributed by atoms with van der Waals surface area (Å²) in [6, 6.07) is 3.01. The van der Waals surface area contributed by atoms with Gasteiger partial charge >= 0.3 is 23.9 Å². The first-order chi connectivity index (χ1) is 54.8. The molecule has 1 heterocycles. The molecule has 5 rings (SSSR count). The number of carboxylic acid groups (broad SMARTS) is 4. The van der Waals surface area contributed by atoms with Gasteiger partial charge in [-0.2, -0.15) is 43.0 Å². The standard InChI is InChI=1S/C71H92N18O24S3/c1-37(78-69(108)53(35-114)85-66(105)49(21-26-59(96)97)80-65(104)48(20-25-58(94)95)81-67(106)50(27-30-115-4)82-64(103)47(19-24-57(92)93)79-63(102)45(72)32-60(98)99)62(101)84-52(34-90)68(107)83-51(31-41-33-74-36-77-41)71(110)89(70(109)38-11-13-39(14-12-38)86-87-40-15-17-42(18-16-40)88(2)3)54(61(73)100)22-23-56(91)76-29-28-75-46-9-5-8-44-43(46)7-6-10-55(44)116(111,112)113/h5-18,33,36-37,45,47-54,75,90,114H,19-32,34-35,72H2,1-4H3,(H2,73,100)(H,74,77)(H,76,91)(H,78,108)(H,79,102)(H,80,104)(H,81,106)(H,82,103)(H,83,107)(H,84,101)(H,85,105)(H,92,93)(H,94,95)(H,96,97)(H,98,99)(H,111,112,113)/t37-,45-,47-,48-,49-,50-,51-,52-,53-,54-/m0/s1. The van der Waals surface area contributed by atoms with Crippen molar-refractivity contribution in [1.29, 1.82) is 0 Å². The van der Waals surface area contributed by atoms with E-state index < -0.39 is 242 Å². The van der Waals surface area contributed by atoms with E-state index >= 15 is 4.79 Å². The number of rotatable bonds is 49. The van der Waals surface area contributed by atoms with Gasteiger partial charge in [-0.25, -0.2) is 4.98 Å². The van der Waals surface area contributed by atoms with Crippen LogP contribution in [0.5, 0.6) is 0 Å². The van der Waals surface area contributed by atoms with E-state index in [2.05, 4.69) is 86.0 Å². The SMILES string of the molecule is CSCC[C@H](NC(=O)[C@H](CCC(=O)O)NC(=O)[C@@H](N)CC(=O)O)C(=O)N[C@@H](CCC(=O)O)C(=O)N[C@@H](CCC(=O)O)C(=O)N[C@@H](CS)C(=O)N[C@@H](C)C(=O)N[C@@H](CO)C(=O)N[C@@H](Cc1c[nH]cn1)C(=O)N(C(=O)c1ccc(N=Nc2ccc(N(C)C)cc2)cc1)[C@@H](CCC(=O)NCCNc1cccc2c(S(=O)(=O)O)cccc12)C(N)=O. The summed E-state index contributed by atoms with van der Waals surface area (Å²) in [7, 11) is -0.899. The van der Waals surface area contributed by atoms with Gasteiger partial charge in [0.05, 0.1) is 42.5 Å². The average Bonchev–Trinajstić information content (AvgIpc) is 0.810. The average molecular weight is 1680 g/mol. The fraction of sp³-hybridized carbons (Fsp3) is 0.423. The number of benzene rings is 4. The largest absolute Gasteiger partial charge is 0.481 e. The van der Waals surface area contributed by atoms with Gasteiger partial charge in [-0.05, 0) is 112 Å². The second kappa shape index (κ2) is 46.2. The summed E-state index contributed by atoms with van der Waals surface area (Å²) in [4.78, 5) is 223.